The topological polar surface area (TPSA) is 328 Å². The average molecular weight is 751 g/mol. The van der Waals surface area contributed by atoms with Gasteiger partial charge in [-0.2, -0.15) is 0 Å². The molecule has 2 rings (SSSR count). The Morgan fingerprint density at radius 1 is 0.981 bits per heavy atom. The van der Waals surface area contributed by atoms with Crippen molar-refractivity contribution in [1.29, 1.82) is 0 Å². The molecule has 1 aliphatic heterocycles. The zero-order valence-corrected chi connectivity index (χ0v) is 29.3. The van der Waals surface area contributed by atoms with Gasteiger partial charge in [-0.15, -0.1) is 0 Å². The number of rotatable bonds is 15. The Balaban J connectivity index is 2.27. The molecular weight excluding hydrogens is 700 g/mol. The van der Waals surface area contributed by atoms with E-state index in [0.29, 0.717) is 6.29 Å². The minimum absolute atomic E-state index is 0.0616. The molecule has 0 bridgehead atoms. The van der Waals surface area contributed by atoms with Gasteiger partial charge in [0.15, 0.2) is 0 Å². The van der Waals surface area contributed by atoms with E-state index in [-0.39, 0.29) is 45.1 Å². The molecule has 53 heavy (non-hydrogen) atoms. The second kappa shape index (κ2) is 23.3. The number of carbonyl (C=O) groups excluding carboxylic acids is 8. The van der Waals surface area contributed by atoms with Gasteiger partial charge in [0.1, 0.15) is 24.4 Å². The first kappa shape index (κ1) is 44.8. The highest BCUT2D eigenvalue weighted by Crippen LogP contribution is 2.09. The highest BCUT2D eigenvalue weighted by molar-refractivity contribution is 6.42. The van der Waals surface area contributed by atoms with Crippen LogP contribution in [0.25, 0.3) is 0 Å². The van der Waals surface area contributed by atoms with Gasteiger partial charge in [-0.25, -0.2) is 21.7 Å². The lowest BCUT2D eigenvalue weighted by molar-refractivity contribution is -0.142. The monoisotopic (exact) mass is 750 g/mol. The van der Waals surface area contributed by atoms with Crippen LogP contribution in [-0.2, 0) is 44.8 Å². The smallest absolute Gasteiger partial charge is 0.241 e. The van der Waals surface area contributed by atoms with Crippen LogP contribution < -0.4 is 43.4 Å². The van der Waals surface area contributed by atoms with Crippen LogP contribution in [0.4, 0.5) is 0 Å². The van der Waals surface area contributed by atoms with Crippen LogP contribution in [0, 0.1) is 0 Å². The average Bonchev–Trinajstić information content (AvgIpc) is 3.15. The molecule has 20 heteroatoms. The molecular formula is C33H50N8O12. The number of aliphatic hydroxyl groups excluding tert-OH is 4. The largest absolute Gasteiger partial charge is 0.394 e. The number of aliphatic hydroxyl groups is 4. The van der Waals surface area contributed by atoms with Gasteiger partial charge in [-0.05, 0) is 44.6 Å². The fraction of sp³-hybridized carbons (Fsp3) is 0.576. The molecule has 1 aliphatic rings. The maximum absolute atomic E-state index is 13.5. The highest BCUT2D eigenvalue weighted by Gasteiger charge is 2.37. The first-order valence-electron chi connectivity index (χ1n) is 17.1. The van der Waals surface area contributed by atoms with Crippen molar-refractivity contribution >= 4 is 47.1 Å². The number of hydrazine groups is 2. The minimum atomic E-state index is -1.72. The van der Waals surface area contributed by atoms with E-state index < -0.39 is 109 Å². The lowest BCUT2D eigenvalue weighted by Gasteiger charge is -2.27. The Morgan fingerprint density at radius 2 is 1.68 bits per heavy atom. The molecule has 0 radical (unpaired) electrons. The van der Waals surface area contributed by atoms with Crippen LogP contribution in [0.3, 0.4) is 0 Å². The molecule has 1 aromatic rings. The van der Waals surface area contributed by atoms with Crippen molar-refractivity contribution in [3.63, 3.8) is 0 Å². The summed E-state index contributed by atoms with van der Waals surface area (Å²) in [5.41, 5.74) is 16.3. The Labute approximate surface area is 305 Å². The van der Waals surface area contributed by atoms with Crippen LogP contribution in [0.5, 0.6) is 0 Å². The quantitative estimate of drug-likeness (QED) is 0.0451. The van der Waals surface area contributed by atoms with Gasteiger partial charge in [0.25, 0.3) is 0 Å². The summed E-state index contributed by atoms with van der Waals surface area (Å²) in [6, 6.07) is -1.50. The van der Waals surface area contributed by atoms with Gasteiger partial charge in [-0.1, -0.05) is 30.3 Å². The molecule has 0 aliphatic carbocycles. The van der Waals surface area contributed by atoms with Gasteiger partial charge in [-0.3, -0.25) is 33.6 Å². The van der Waals surface area contributed by atoms with Crippen molar-refractivity contribution in [2.45, 2.75) is 93.8 Å². The minimum Gasteiger partial charge on any atom is -0.394 e. The zero-order chi connectivity index (χ0) is 39.5. The standard InChI is InChI=1S/C33H50N8O12/c1-18(46)27-31(51)29(49)23(39-38-20(14-42)15-43)10-11-26(47)35-12-6-5-9-22(36-33(53)25(17-45)40-41-27)28(48)30(50)24(16-44)37-32(52)21(34)13-19-7-3-2-4-8-19/h2-4,7-8,14,18,20-25,27,38-41,43-46H,5-6,9-13,15-17,34H2,1H3,(H,35,47)(H,36,53)(H,37,52)/t18-,20-,21+,22?,23?,24+,25+,27+/m1/s1. The molecule has 1 aromatic carbocycles. The molecule has 13 N–H and O–H groups in total. The summed E-state index contributed by atoms with van der Waals surface area (Å²) in [5.74, 6) is -7.20. The van der Waals surface area contributed by atoms with E-state index in [2.05, 4.69) is 37.7 Å². The lowest BCUT2D eigenvalue weighted by atomic mass is 9.97. The molecule has 1 heterocycles. The van der Waals surface area contributed by atoms with E-state index in [9.17, 15) is 58.8 Å². The van der Waals surface area contributed by atoms with Crippen molar-refractivity contribution in [2.24, 2.45) is 5.73 Å². The first-order valence-corrected chi connectivity index (χ1v) is 17.1. The third kappa shape index (κ3) is 14.5. The second-order valence-corrected chi connectivity index (χ2v) is 12.5. The molecule has 1 fully saturated rings. The van der Waals surface area contributed by atoms with E-state index in [1.165, 1.54) is 0 Å². The summed E-state index contributed by atoms with van der Waals surface area (Å²) in [6.07, 6.45) is -1.41. The van der Waals surface area contributed by atoms with Crippen LogP contribution in [0.1, 0.15) is 44.6 Å². The fourth-order valence-electron chi connectivity index (χ4n) is 5.10. The normalized spacial score (nSPS) is 23.6. The summed E-state index contributed by atoms with van der Waals surface area (Å²) < 4.78 is 0. The van der Waals surface area contributed by atoms with Gasteiger partial charge in [0, 0.05) is 13.0 Å². The number of aldehydes is 1. The van der Waals surface area contributed by atoms with Crippen LogP contribution in [-0.4, -0.2) is 142 Å². The van der Waals surface area contributed by atoms with Crippen molar-refractivity contribution in [1.82, 2.24) is 37.7 Å². The summed E-state index contributed by atoms with van der Waals surface area (Å²) in [6.45, 7) is -1.35. The van der Waals surface area contributed by atoms with Crippen molar-refractivity contribution in [3.05, 3.63) is 35.9 Å². The number of Topliss-reactive ketones (excluding diaryl/α,β-unsaturated/α-hetero) is 4. The Kier molecular flexibility index (Phi) is 19.7. The first-order chi connectivity index (χ1) is 25.3. The van der Waals surface area contributed by atoms with Crippen molar-refractivity contribution in [3.8, 4) is 0 Å². The molecule has 2 unspecified atom stereocenters. The number of carbonyl (C=O) groups is 8. The van der Waals surface area contributed by atoms with Gasteiger partial charge < -0.3 is 46.9 Å². The number of benzene rings is 1. The Morgan fingerprint density at radius 3 is 2.28 bits per heavy atom. The van der Waals surface area contributed by atoms with Gasteiger partial charge in [0.05, 0.1) is 50.1 Å². The molecule has 8 atom stereocenters. The molecule has 294 valence electrons. The number of amides is 3. The molecule has 3 amide bonds. The predicted molar refractivity (Wildman–Crippen MR) is 185 cm³/mol. The summed E-state index contributed by atoms with van der Waals surface area (Å²) in [4.78, 5) is 103. The van der Waals surface area contributed by atoms with Crippen LogP contribution in [0.15, 0.2) is 30.3 Å². The van der Waals surface area contributed by atoms with E-state index in [1.54, 1.807) is 30.3 Å². The third-order valence-corrected chi connectivity index (χ3v) is 8.27. The van der Waals surface area contributed by atoms with Gasteiger partial charge >= 0.3 is 0 Å². The number of hydrogen-bond acceptors (Lipinski definition) is 17. The van der Waals surface area contributed by atoms with E-state index in [4.69, 9.17) is 5.73 Å². The number of nitrogens with one attached hydrogen (secondary N) is 7. The summed E-state index contributed by atoms with van der Waals surface area (Å²) >= 11 is 0. The molecule has 0 saturated carbocycles. The highest BCUT2D eigenvalue weighted by atomic mass is 16.3. The fourth-order valence-corrected chi connectivity index (χ4v) is 5.10. The van der Waals surface area contributed by atoms with Gasteiger partial charge in [0.2, 0.25) is 40.9 Å². The zero-order valence-electron chi connectivity index (χ0n) is 29.3. The van der Waals surface area contributed by atoms with Crippen molar-refractivity contribution < 1.29 is 58.8 Å². The van der Waals surface area contributed by atoms with E-state index in [1.807, 2.05) is 0 Å². The van der Waals surface area contributed by atoms with Crippen LogP contribution in [0.2, 0.25) is 0 Å². The molecule has 20 nitrogen and oxygen atoms in total. The van der Waals surface area contributed by atoms with Crippen molar-refractivity contribution in [2.75, 3.05) is 26.4 Å². The van der Waals surface area contributed by atoms with Crippen LogP contribution >= 0.6 is 0 Å². The molecule has 1 saturated heterocycles. The lowest BCUT2D eigenvalue weighted by Crippen LogP contribution is -2.63. The predicted octanol–water partition coefficient (Wildman–Crippen LogP) is -5.90. The summed E-state index contributed by atoms with van der Waals surface area (Å²) in [7, 11) is 0. The number of nitrogens with two attached hydrogens (primary N) is 1. The maximum atomic E-state index is 13.5. The number of ketones is 4. The Bertz CT molecular complexity index is 1420. The maximum Gasteiger partial charge on any atom is 0.241 e. The summed E-state index contributed by atoms with van der Waals surface area (Å²) in [5, 5.41) is 46.7. The van der Waals surface area contributed by atoms with E-state index >= 15 is 0 Å². The van der Waals surface area contributed by atoms with E-state index in [0.717, 1.165) is 12.5 Å². The molecule has 0 aromatic heterocycles. The molecule has 0 spiro atoms. The second-order valence-electron chi connectivity index (χ2n) is 12.5. The third-order valence-electron chi connectivity index (χ3n) is 8.27. The SMILES string of the molecule is C[C@@H](O)[C@@H]1NN[C@@H](CO)C(=O)NC(C(=O)C(=O)[C@H](CO)NC(=O)[C@@H](N)Cc2ccccc2)CCCCNC(=O)CCC(NN[C@H](C=O)CO)C(=O)C1=O. The number of hydrogen-bond donors (Lipinski definition) is 12. The Hall–Kier alpha value is -4.38.